The van der Waals surface area contributed by atoms with Crippen molar-refractivity contribution in [1.82, 2.24) is 14.6 Å². The second-order valence-corrected chi connectivity index (χ2v) is 8.56. The third-order valence-electron chi connectivity index (χ3n) is 6.33. The number of rotatable bonds is 6. The Morgan fingerprint density at radius 1 is 0.875 bits per heavy atom. The van der Waals surface area contributed by atoms with Crippen molar-refractivity contribution in [3.63, 3.8) is 0 Å². The van der Waals surface area contributed by atoms with Crippen LogP contribution in [0.3, 0.4) is 0 Å². The minimum atomic E-state index is 0.0620. The normalized spacial score (nSPS) is 16.5. The molecule has 5 heteroatoms. The first-order valence-electron chi connectivity index (χ1n) is 11.6. The maximum absolute atomic E-state index is 13.3. The van der Waals surface area contributed by atoms with Crippen LogP contribution >= 0.6 is 0 Å². The van der Waals surface area contributed by atoms with Crippen LogP contribution in [-0.2, 0) is 13.0 Å². The summed E-state index contributed by atoms with van der Waals surface area (Å²) in [4.78, 5) is 13.3. The molecule has 1 unspecified atom stereocenters. The van der Waals surface area contributed by atoms with Gasteiger partial charge in [0.1, 0.15) is 0 Å². The second-order valence-electron chi connectivity index (χ2n) is 8.56. The Hall–Kier alpha value is -3.31. The van der Waals surface area contributed by atoms with Crippen LogP contribution in [0, 0.1) is 0 Å². The topological polar surface area (TPSA) is 42.2 Å². The van der Waals surface area contributed by atoms with E-state index < -0.39 is 0 Å². The van der Waals surface area contributed by atoms with E-state index in [1.54, 1.807) is 0 Å². The van der Waals surface area contributed by atoms with Crippen LogP contribution in [0.25, 0.3) is 11.0 Å². The molecule has 5 rings (SSSR count). The highest BCUT2D eigenvalue weighted by Crippen LogP contribution is 2.21. The van der Waals surface area contributed by atoms with E-state index in [0.717, 1.165) is 50.1 Å². The first-order valence-corrected chi connectivity index (χ1v) is 11.6. The summed E-state index contributed by atoms with van der Waals surface area (Å²) in [6, 6.07) is 27.8. The number of aromatic nitrogens is 2. The van der Waals surface area contributed by atoms with Crippen molar-refractivity contribution < 1.29 is 0 Å². The van der Waals surface area contributed by atoms with E-state index in [0.29, 0.717) is 0 Å². The van der Waals surface area contributed by atoms with E-state index >= 15 is 0 Å². The molecule has 0 bridgehead atoms. The molecular weight excluding hydrogens is 396 g/mol. The minimum absolute atomic E-state index is 0.0620. The largest absolute Gasteiger partial charge is 0.347 e. The molecule has 1 aromatic heterocycles. The molecule has 4 aromatic rings. The Kier molecular flexibility index (Phi) is 5.82. The molecule has 5 nitrogen and oxygen atoms in total. The highest BCUT2D eigenvalue weighted by Gasteiger charge is 2.24. The van der Waals surface area contributed by atoms with Gasteiger partial charge in [0.15, 0.2) is 0 Å². The van der Waals surface area contributed by atoms with Crippen LogP contribution in [0.5, 0.6) is 0 Å². The van der Waals surface area contributed by atoms with Crippen LogP contribution in [0.15, 0.2) is 83.7 Å². The van der Waals surface area contributed by atoms with Crippen LogP contribution in [0.4, 0.5) is 0 Å². The van der Waals surface area contributed by atoms with E-state index in [9.17, 15) is 4.79 Å². The van der Waals surface area contributed by atoms with Gasteiger partial charge in [0, 0.05) is 19.6 Å². The van der Waals surface area contributed by atoms with E-state index in [2.05, 4.69) is 77.9 Å². The molecule has 0 saturated carbocycles. The van der Waals surface area contributed by atoms with Crippen LogP contribution in [0.2, 0.25) is 0 Å². The Morgan fingerprint density at radius 3 is 2.31 bits per heavy atom. The summed E-state index contributed by atoms with van der Waals surface area (Å²) in [7, 11) is 0. The summed E-state index contributed by atoms with van der Waals surface area (Å²) in [6.45, 7) is 5.27. The van der Waals surface area contributed by atoms with Gasteiger partial charge in [-0.05, 0) is 41.7 Å². The Labute approximate surface area is 188 Å². The number of imidazole rings is 1. The van der Waals surface area contributed by atoms with Gasteiger partial charge in [-0.1, -0.05) is 73.7 Å². The van der Waals surface area contributed by atoms with Gasteiger partial charge >= 0.3 is 5.69 Å². The Balaban J connectivity index is 1.38. The number of aryl methyl sites for hydroxylation is 1. The van der Waals surface area contributed by atoms with E-state index in [4.69, 9.17) is 0 Å². The van der Waals surface area contributed by atoms with Gasteiger partial charge in [-0.15, -0.1) is 0 Å². The fourth-order valence-electron chi connectivity index (χ4n) is 4.74. The highest BCUT2D eigenvalue weighted by atomic mass is 16.2. The van der Waals surface area contributed by atoms with Crippen LogP contribution in [0.1, 0.15) is 36.1 Å². The van der Waals surface area contributed by atoms with Gasteiger partial charge in [0.25, 0.3) is 0 Å². The Morgan fingerprint density at radius 2 is 1.56 bits per heavy atom. The zero-order valence-corrected chi connectivity index (χ0v) is 18.6. The number of nitrogens with one attached hydrogen (secondary N) is 1. The van der Waals surface area contributed by atoms with E-state index in [-0.39, 0.29) is 11.7 Å². The molecule has 0 aliphatic carbocycles. The summed E-state index contributed by atoms with van der Waals surface area (Å²) in [5.41, 5.74) is 5.96. The van der Waals surface area contributed by atoms with E-state index in [1.807, 2.05) is 27.4 Å². The lowest BCUT2D eigenvalue weighted by Crippen LogP contribution is -2.53. The molecule has 32 heavy (non-hydrogen) atoms. The fourth-order valence-corrected chi connectivity index (χ4v) is 4.74. The zero-order chi connectivity index (χ0) is 21.9. The van der Waals surface area contributed by atoms with E-state index in [1.165, 1.54) is 16.7 Å². The molecule has 1 N–H and O–H groups in total. The van der Waals surface area contributed by atoms with Gasteiger partial charge in [-0.3, -0.25) is 4.57 Å². The lowest BCUT2D eigenvalue weighted by Gasteiger charge is -2.35. The standard InChI is InChI=1S/C27H30N4O/c1-2-17-30-25-10-6-7-11-26(25)31(27(30)32)29-18-16-28-24(20-29)23-14-12-22(13-15-23)19-21-8-4-3-5-9-21/h3-15,24,28H,2,16-20H2,1H3. The lowest BCUT2D eigenvalue weighted by atomic mass is 10.00. The maximum Gasteiger partial charge on any atom is 0.347 e. The molecule has 0 amide bonds. The molecule has 3 aromatic carbocycles. The summed E-state index contributed by atoms with van der Waals surface area (Å²) in [5, 5.41) is 5.84. The number of benzene rings is 3. The van der Waals surface area contributed by atoms with Gasteiger partial charge in [0.05, 0.1) is 23.6 Å². The number of hydrogen-bond acceptors (Lipinski definition) is 3. The minimum Gasteiger partial charge on any atom is -0.307 e. The monoisotopic (exact) mass is 426 g/mol. The van der Waals surface area contributed by atoms with Crippen molar-refractivity contribution in [1.29, 1.82) is 0 Å². The predicted octanol–water partition coefficient (Wildman–Crippen LogP) is 4.09. The Bertz CT molecular complexity index is 1240. The van der Waals surface area contributed by atoms with Crippen molar-refractivity contribution in [2.24, 2.45) is 0 Å². The van der Waals surface area contributed by atoms with Crippen molar-refractivity contribution in [2.45, 2.75) is 32.4 Å². The van der Waals surface area contributed by atoms with Gasteiger partial charge in [-0.2, -0.15) is 0 Å². The first kappa shape index (κ1) is 20.6. The molecule has 164 valence electrons. The summed E-state index contributed by atoms with van der Waals surface area (Å²) < 4.78 is 3.80. The molecule has 2 heterocycles. The second kappa shape index (κ2) is 9.05. The SMILES string of the molecule is CCCn1c(=O)n(N2CCNC(c3ccc(Cc4ccccc4)cc3)C2)c2ccccc21. The van der Waals surface area contributed by atoms with Crippen LogP contribution < -0.4 is 16.0 Å². The van der Waals surface area contributed by atoms with Crippen molar-refractivity contribution in [2.75, 3.05) is 24.6 Å². The average molecular weight is 427 g/mol. The molecule has 1 fully saturated rings. The van der Waals surface area contributed by atoms with Crippen molar-refractivity contribution >= 4 is 11.0 Å². The highest BCUT2D eigenvalue weighted by molar-refractivity contribution is 5.76. The van der Waals surface area contributed by atoms with Gasteiger partial charge < -0.3 is 10.3 Å². The molecule has 1 aliphatic rings. The van der Waals surface area contributed by atoms with Gasteiger partial charge in [0.2, 0.25) is 0 Å². The number of piperazine rings is 1. The lowest BCUT2D eigenvalue weighted by molar-refractivity contribution is 0.406. The quantitative estimate of drug-likeness (QED) is 0.505. The van der Waals surface area contributed by atoms with Gasteiger partial charge in [-0.25, -0.2) is 9.47 Å². The maximum atomic E-state index is 13.3. The summed E-state index contributed by atoms with van der Waals surface area (Å²) in [6.07, 6.45) is 1.88. The molecule has 1 aliphatic heterocycles. The predicted molar refractivity (Wildman–Crippen MR) is 131 cm³/mol. The van der Waals surface area contributed by atoms with Crippen LogP contribution in [-0.4, -0.2) is 28.9 Å². The number of hydrogen-bond donors (Lipinski definition) is 1. The molecular formula is C27H30N4O. The fraction of sp³-hybridized carbons (Fsp3) is 0.296. The van der Waals surface area contributed by atoms with Crippen molar-refractivity contribution in [3.05, 3.63) is 106 Å². The third-order valence-corrected chi connectivity index (χ3v) is 6.33. The zero-order valence-electron chi connectivity index (χ0n) is 18.6. The third kappa shape index (κ3) is 3.96. The summed E-state index contributed by atoms with van der Waals surface area (Å²) in [5.74, 6) is 0. The average Bonchev–Trinajstić information content (AvgIpc) is 3.12. The van der Waals surface area contributed by atoms with Crippen molar-refractivity contribution in [3.8, 4) is 0 Å². The molecule has 1 atom stereocenters. The smallest absolute Gasteiger partial charge is 0.307 e. The number of nitrogens with zero attached hydrogens (tertiary/aromatic N) is 3. The first-order chi connectivity index (χ1) is 15.7. The number of fused-ring (bicyclic) bond motifs is 1. The molecule has 1 saturated heterocycles. The molecule has 0 radical (unpaired) electrons. The number of para-hydroxylation sites is 2. The summed E-state index contributed by atoms with van der Waals surface area (Å²) >= 11 is 0. The molecule has 0 spiro atoms.